The zero-order valence-corrected chi connectivity index (χ0v) is 23.8. The molecular formula is C30H45NO6. The fourth-order valence-electron chi connectivity index (χ4n) is 4.95. The third-order valence-electron chi connectivity index (χ3n) is 7.41. The molecule has 37 heavy (non-hydrogen) atoms. The summed E-state index contributed by atoms with van der Waals surface area (Å²) in [6.07, 6.45) is 7.30. The number of aliphatic hydroxyl groups is 1. The van der Waals surface area contributed by atoms with E-state index in [2.05, 4.69) is 25.2 Å². The first-order valence-corrected chi connectivity index (χ1v) is 12.9. The second-order valence-electron chi connectivity index (χ2n) is 10.4. The molecule has 0 spiro atoms. The Morgan fingerprint density at radius 1 is 1.05 bits per heavy atom. The lowest BCUT2D eigenvalue weighted by atomic mass is 9.86. The van der Waals surface area contributed by atoms with Crippen LogP contribution in [0.2, 0.25) is 0 Å². The number of aromatic hydroxyl groups is 1. The number of phenolic OH excluding ortho intramolecular Hbond substituents is 1. The summed E-state index contributed by atoms with van der Waals surface area (Å²) in [6.45, 7) is 11.8. The molecule has 0 saturated carbocycles. The standard InChI is InChI=1S/C30H45NO6/c1-17-13-23-28(33)24(16-21(5)29(23)37-9)31-30(34)18(2)11-10-12-25(35-7)22(6)19(3)15-20(4)27(32)26(14-17)36-8/h10-12,15-17,20,22,25-27,32-33H,13-14H2,1-9H3,(H,31,34)/b12-10-,18-11+,19-15+/t17-,20+,22+,25+,26+,27-/m1/s1. The number of anilines is 1. The average Bonchev–Trinajstić information content (AvgIpc) is 2.86. The number of rotatable bonds is 3. The Bertz CT molecular complexity index is 1030. The van der Waals surface area contributed by atoms with E-state index < -0.39 is 12.2 Å². The van der Waals surface area contributed by atoms with Crippen molar-refractivity contribution in [1.29, 1.82) is 0 Å². The molecule has 206 valence electrons. The number of aliphatic hydroxyl groups excluding tert-OH is 1. The van der Waals surface area contributed by atoms with Gasteiger partial charge in [0.25, 0.3) is 5.91 Å². The Morgan fingerprint density at radius 3 is 2.32 bits per heavy atom. The summed E-state index contributed by atoms with van der Waals surface area (Å²) in [4.78, 5) is 12.9. The number of aryl methyl sites for hydroxylation is 1. The van der Waals surface area contributed by atoms with Gasteiger partial charge in [-0.15, -0.1) is 0 Å². The largest absolute Gasteiger partial charge is 0.505 e. The number of fused-ring (bicyclic) bond motifs is 2. The van der Waals surface area contributed by atoms with Crippen LogP contribution in [0.1, 0.15) is 52.2 Å². The highest BCUT2D eigenvalue weighted by atomic mass is 16.5. The SMILES string of the molecule is COc1c(C)cc2c(O)c1C[C@@H](C)C[C@H](OC)[C@H](O)[C@@H](C)/C=C(\C)[C@H](C)[C@@H](OC)/C=C\C=C(/C)C(=O)N2. The van der Waals surface area contributed by atoms with Crippen molar-refractivity contribution >= 4 is 11.6 Å². The maximum absolute atomic E-state index is 12.9. The molecule has 0 radical (unpaired) electrons. The molecule has 6 atom stereocenters. The number of methoxy groups -OCH3 is 3. The number of phenols is 1. The van der Waals surface area contributed by atoms with Crippen molar-refractivity contribution in [2.45, 2.75) is 72.7 Å². The van der Waals surface area contributed by atoms with Gasteiger partial charge in [0.05, 0.1) is 31.1 Å². The van der Waals surface area contributed by atoms with Gasteiger partial charge in [0.15, 0.2) is 0 Å². The second-order valence-corrected chi connectivity index (χ2v) is 10.4. The molecule has 1 aliphatic heterocycles. The Kier molecular flexibility index (Phi) is 11.4. The topological polar surface area (TPSA) is 97.2 Å². The quantitative estimate of drug-likeness (QED) is 0.371. The van der Waals surface area contributed by atoms with Crippen molar-refractivity contribution in [3.8, 4) is 11.5 Å². The van der Waals surface area contributed by atoms with Gasteiger partial charge in [-0.3, -0.25) is 4.79 Å². The lowest BCUT2D eigenvalue weighted by Gasteiger charge is -2.29. The van der Waals surface area contributed by atoms with Gasteiger partial charge in [0.2, 0.25) is 0 Å². The monoisotopic (exact) mass is 515 g/mol. The van der Waals surface area contributed by atoms with E-state index in [9.17, 15) is 15.0 Å². The van der Waals surface area contributed by atoms with Gasteiger partial charge in [-0.25, -0.2) is 0 Å². The van der Waals surface area contributed by atoms with Crippen LogP contribution in [0.15, 0.2) is 41.5 Å². The van der Waals surface area contributed by atoms with Crippen LogP contribution in [0.3, 0.4) is 0 Å². The lowest BCUT2D eigenvalue weighted by Crippen LogP contribution is -2.35. The van der Waals surface area contributed by atoms with Gasteiger partial charge in [0, 0.05) is 37.2 Å². The highest BCUT2D eigenvalue weighted by molar-refractivity contribution is 6.04. The van der Waals surface area contributed by atoms with E-state index in [-0.39, 0.29) is 35.5 Å². The molecule has 1 heterocycles. The summed E-state index contributed by atoms with van der Waals surface area (Å²) in [5, 5.41) is 25.2. The number of hydrogen-bond donors (Lipinski definition) is 3. The molecular weight excluding hydrogens is 470 g/mol. The highest BCUT2D eigenvalue weighted by Crippen LogP contribution is 2.40. The summed E-state index contributed by atoms with van der Waals surface area (Å²) in [5.74, 6) is 0.237. The van der Waals surface area contributed by atoms with Gasteiger partial charge in [-0.05, 0) is 51.2 Å². The van der Waals surface area contributed by atoms with Crippen LogP contribution in [0, 0.1) is 24.7 Å². The highest BCUT2D eigenvalue weighted by Gasteiger charge is 2.28. The maximum atomic E-state index is 12.9. The predicted molar refractivity (Wildman–Crippen MR) is 148 cm³/mol. The molecule has 0 aliphatic carbocycles. The first-order chi connectivity index (χ1) is 17.4. The molecule has 1 amide bonds. The third-order valence-corrected chi connectivity index (χ3v) is 7.41. The smallest absolute Gasteiger partial charge is 0.251 e. The Hall–Kier alpha value is -2.61. The first-order valence-electron chi connectivity index (χ1n) is 12.9. The first kappa shape index (κ1) is 30.6. The van der Waals surface area contributed by atoms with E-state index in [1.54, 1.807) is 40.4 Å². The minimum absolute atomic E-state index is 0.0152. The molecule has 7 nitrogen and oxygen atoms in total. The van der Waals surface area contributed by atoms with E-state index in [4.69, 9.17) is 14.2 Å². The summed E-state index contributed by atoms with van der Waals surface area (Å²) in [6, 6.07) is 1.71. The molecule has 2 rings (SSSR count). The molecule has 1 aliphatic rings. The minimum atomic E-state index is -0.707. The molecule has 0 aromatic heterocycles. The molecule has 1 aromatic rings. The van der Waals surface area contributed by atoms with E-state index in [1.807, 2.05) is 32.9 Å². The number of amides is 1. The summed E-state index contributed by atoms with van der Waals surface area (Å²) in [7, 11) is 4.84. The van der Waals surface area contributed by atoms with Crippen LogP contribution in [-0.2, 0) is 20.7 Å². The van der Waals surface area contributed by atoms with Crippen molar-refractivity contribution in [3.05, 3.63) is 52.6 Å². The van der Waals surface area contributed by atoms with Crippen LogP contribution in [0.5, 0.6) is 11.5 Å². The van der Waals surface area contributed by atoms with Gasteiger partial charge >= 0.3 is 0 Å². The van der Waals surface area contributed by atoms with Gasteiger partial charge in [-0.2, -0.15) is 0 Å². The third kappa shape index (κ3) is 7.69. The van der Waals surface area contributed by atoms with Crippen LogP contribution in [0.4, 0.5) is 5.69 Å². The zero-order chi connectivity index (χ0) is 27.9. The Balaban J connectivity index is 2.59. The lowest BCUT2D eigenvalue weighted by molar-refractivity contribution is -0.112. The van der Waals surface area contributed by atoms with Crippen molar-refractivity contribution < 1.29 is 29.2 Å². The van der Waals surface area contributed by atoms with Crippen LogP contribution in [0.25, 0.3) is 0 Å². The average molecular weight is 516 g/mol. The second kappa shape index (κ2) is 13.8. The zero-order valence-electron chi connectivity index (χ0n) is 23.8. The van der Waals surface area contributed by atoms with Gasteiger partial charge in [0.1, 0.15) is 11.5 Å². The predicted octanol–water partition coefficient (Wildman–Crippen LogP) is 5.34. The number of ether oxygens (including phenoxy) is 3. The summed E-state index contributed by atoms with van der Waals surface area (Å²) in [5.41, 5.74) is 3.35. The van der Waals surface area contributed by atoms with E-state index in [1.165, 1.54) is 0 Å². The Labute approximate surface area is 222 Å². The number of allylic oxidation sites excluding steroid dienone is 2. The number of carbonyl (C=O) groups excluding carboxylic acids is 1. The summed E-state index contributed by atoms with van der Waals surface area (Å²) >= 11 is 0. The molecule has 7 heteroatoms. The fourth-order valence-corrected chi connectivity index (χ4v) is 4.95. The van der Waals surface area contributed by atoms with Crippen molar-refractivity contribution in [3.63, 3.8) is 0 Å². The number of benzene rings is 1. The van der Waals surface area contributed by atoms with Gasteiger partial charge in [-0.1, -0.05) is 50.6 Å². The van der Waals surface area contributed by atoms with Crippen molar-refractivity contribution in [1.82, 2.24) is 0 Å². The van der Waals surface area contributed by atoms with E-state index >= 15 is 0 Å². The molecule has 0 fully saturated rings. The van der Waals surface area contributed by atoms with Crippen LogP contribution >= 0.6 is 0 Å². The van der Waals surface area contributed by atoms with E-state index in [0.29, 0.717) is 35.4 Å². The van der Waals surface area contributed by atoms with E-state index in [0.717, 1.165) is 11.1 Å². The molecule has 1 aromatic carbocycles. The number of carbonyl (C=O) groups is 1. The molecule has 3 N–H and O–H groups in total. The van der Waals surface area contributed by atoms with Crippen LogP contribution in [-0.4, -0.2) is 55.8 Å². The number of nitrogens with one attached hydrogen (secondary N) is 1. The minimum Gasteiger partial charge on any atom is -0.505 e. The van der Waals surface area contributed by atoms with Crippen molar-refractivity contribution in [2.75, 3.05) is 26.6 Å². The molecule has 0 unspecified atom stereocenters. The summed E-state index contributed by atoms with van der Waals surface area (Å²) < 4.78 is 17.1. The van der Waals surface area contributed by atoms with Crippen molar-refractivity contribution in [2.24, 2.45) is 17.8 Å². The molecule has 0 saturated heterocycles. The molecule has 2 bridgehead atoms. The normalized spacial score (nSPS) is 32.0. The van der Waals surface area contributed by atoms with Gasteiger partial charge < -0.3 is 29.7 Å². The van der Waals surface area contributed by atoms with Crippen LogP contribution < -0.4 is 10.1 Å². The maximum Gasteiger partial charge on any atom is 0.251 e. The number of hydrogen-bond acceptors (Lipinski definition) is 6. The fraction of sp³-hybridized carbons (Fsp3) is 0.567. The Morgan fingerprint density at radius 2 is 1.73 bits per heavy atom.